The van der Waals surface area contributed by atoms with Crippen molar-refractivity contribution < 1.29 is 14.7 Å². The van der Waals surface area contributed by atoms with Crippen molar-refractivity contribution in [3.05, 3.63) is 6.20 Å². The van der Waals surface area contributed by atoms with Crippen LogP contribution in [-0.2, 0) is 16.1 Å². The van der Waals surface area contributed by atoms with E-state index in [2.05, 4.69) is 15.5 Å². The van der Waals surface area contributed by atoms with Gasteiger partial charge in [0.25, 0.3) is 0 Å². The van der Waals surface area contributed by atoms with Crippen molar-refractivity contribution >= 4 is 29.3 Å². The van der Waals surface area contributed by atoms with E-state index in [1.165, 1.54) is 6.20 Å². The largest absolute Gasteiger partial charge is 0.480 e. The van der Waals surface area contributed by atoms with Crippen molar-refractivity contribution in [2.45, 2.75) is 19.4 Å². The van der Waals surface area contributed by atoms with Gasteiger partial charge in [0.05, 0.1) is 6.20 Å². The lowest BCUT2D eigenvalue weighted by molar-refractivity contribution is -0.138. The average Bonchev–Trinajstić information content (AvgIpc) is 2.61. The molecule has 16 heavy (non-hydrogen) atoms. The highest BCUT2D eigenvalue weighted by Crippen LogP contribution is 2.01. The van der Waals surface area contributed by atoms with Crippen molar-refractivity contribution in [3.8, 4) is 0 Å². The van der Waals surface area contributed by atoms with Gasteiger partial charge in [-0.1, -0.05) is 0 Å². The maximum Gasteiger partial charge on any atom is 0.327 e. The van der Waals surface area contributed by atoms with Crippen LogP contribution >= 0.6 is 11.6 Å². The topological polar surface area (TPSA) is 97.1 Å². The van der Waals surface area contributed by atoms with E-state index >= 15 is 0 Å². The molecule has 0 aromatic carbocycles. The molecule has 0 unspecified atom stereocenters. The molecule has 1 aromatic rings. The highest BCUT2D eigenvalue weighted by Gasteiger charge is 2.07. The van der Waals surface area contributed by atoms with Crippen LogP contribution in [0.3, 0.4) is 0 Å². The van der Waals surface area contributed by atoms with E-state index in [9.17, 15) is 9.59 Å². The van der Waals surface area contributed by atoms with Crippen LogP contribution in [0.1, 0.15) is 12.8 Å². The number of carboxylic acids is 1. The van der Waals surface area contributed by atoms with Gasteiger partial charge in [0.2, 0.25) is 5.91 Å². The smallest absolute Gasteiger partial charge is 0.327 e. The maximum atomic E-state index is 11.2. The number of nitrogens with one attached hydrogen (secondary N) is 1. The van der Waals surface area contributed by atoms with Gasteiger partial charge in [-0.2, -0.15) is 9.90 Å². The summed E-state index contributed by atoms with van der Waals surface area (Å²) in [6, 6.07) is 0. The standard InChI is InChI=1S/C8H11ClN4O3/c9-3-1-2-7(14)11-6-4-10-13(12-6)5-8(15)16/h4H,1-3,5H2,(H,15,16)(H,11,12,14). The molecule has 0 aliphatic rings. The minimum Gasteiger partial charge on any atom is -0.480 e. The molecule has 8 heteroatoms. The van der Waals surface area contributed by atoms with Crippen molar-refractivity contribution in [1.29, 1.82) is 0 Å². The minimum atomic E-state index is -1.05. The van der Waals surface area contributed by atoms with E-state index in [0.717, 1.165) is 4.80 Å². The van der Waals surface area contributed by atoms with Crippen LogP contribution in [0.2, 0.25) is 0 Å². The van der Waals surface area contributed by atoms with Gasteiger partial charge in [0.15, 0.2) is 12.4 Å². The molecule has 0 aliphatic heterocycles. The molecular formula is C8H11ClN4O3. The van der Waals surface area contributed by atoms with Gasteiger partial charge in [0.1, 0.15) is 0 Å². The molecule has 0 saturated heterocycles. The van der Waals surface area contributed by atoms with Gasteiger partial charge in [-0.3, -0.25) is 9.59 Å². The number of alkyl halides is 1. The van der Waals surface area contributed by atoms with E-state index in [-0.39, 0.29) is 18.3 Å². The Kier molecular flexibility index (Phi) is 4.71. The Hall–Kier alpha value is -1.63. The van der Waals surface area contributed by atoms with Gasteiger partial charge in [-0.25, -0.2) is 0 Å². The third-order valence-corrected chi connectivity index (χ3v) is 1.89. The van der Waals surface area contributed by atoms with E-state index < -0.39 is 5.97 Å². The highest BCUT2D eigenvalue weighted by atomic mass is 35.5. The van der Waals surface area contributed by atoms with Crippen LogP contribution in [0.4, 0.5) is 5.82 Å². The van der Waals surface area contributed by atoms with Gasteiger partial charge in [-0.05, 0) is 6.42 Å². The second-order valence-electron chi connectivity index (χ2n) is 2.99. The fourth-order valence-corrected chi connectivity index (χ4v) is 1.12. The van der Waals surface area contributed by atoms with Gasteiger partial charge >= 0.3 is 5.97 Å². The molecule has 88 valence electrons. The molecule has 7 nitrogen and oxygen atoms in total. The number of anilines is 1. The quantitative estimate of drug-likeness (QED) is 0.705. The van der Waals surface area contributed by atoms with Gasteiger partial charge in [-0.15, -0.1) is 16.7 Å². The maximum absolute atomic E-state index is 11.2. The Bertz CT molecular complexity index is 379. The molecular weight excluding hydrogens is 236 g/mol. The molecule has 0 spiro atoms. The SMILES string of the molecule is O=C(O)Cn1ncc(NC(=O)CCCCl)n1. The summed E-state index contributed by atoms with van der Waals surface area (Å²) >= 11 is 5.43. The molecule has 0 bridgehead atoms. The van der Waals surface area contributed by atoms with Crippen molar-refractivity contribution in [1.82, 2.24) is 15.0 Å². The van der Waals surface area contributed by atoms with E-state index in [1.54, 1.807) is 0 Å². The minimum absolute atomic E-state index is 0.219. The van der Waals surface area contributed by atoms with E-state index in [4.69, 9.17) is 16.7 Å². The number of amides is 1. The lowest BCUT2D eigenvalue weighted by Gasteiger charge is -1.98. The molecule has 1 aromatic heterocycles. The number of hydrogen-bond acceptors (Lipinski definition) is 4. The predicted molar refractivity (Wildman–Crippen MR) is 56.2 cm³/mol. The molecule has 0 fully saturated rings. The van der Waals surface area contributed by atoms with Crippen LogP contribution < -0.4 is 5.32 Å². The summed E-state index contributed by atoms with van der Waals surface area (Å²) in [6.07, 6.45) is 2.17. The Morgan fingerprint density at radius 2 is 2.31 bits per heavy atom. The molecule has 0 radical (unpaired) electrons. The summed E-state index contributed by atoms with van der Waals surface area (Å²) in [6.45, 7) is -0.336. The normalized spacial score (nSPS) is 10.1. The van der Waals surface area contributed by atoms with Crippen molar-refractivity contribution in [3.63, 3.8) is 0 Å². The van der Waals surface area contributed by atoms with Crippen LogP contribution in [0.25, 0.3) is 0 Å². The lowest BCUT2D eigenvalue weighted by Crippen LogP contribution is -2.14. The number of carboxylic acid groups (broad SMARTS) is 1. The van der Waals surface area contributed by atoms with Crippen LogP contribution in [0, 0.1) is 0 Å². The number of rotatable bonds is 6. The second kappa shape index (κ2) is 6.06. The summed E-state index contributed by atoms with van der Waals surface area (Å²) in [5.74, 6) is -0.612. The first kappa shape index (κ1) is 12.4. The fraction of sp³-hybridized carbons (Fsp3) is 0.500. The zero-order valence-electron chi connectivity index (χ0n) is 8.39. The third kappa shape index (κ3) is 4.26. The first-order chi connectivity index (χ1) is 7.61. The van der Waals surface area contributed by atoms with Crippen LogP contribution in [0.15, 0.2) is 6.20 Å². The molecule has 2 N–H and O–H groups in total. The molecule has 1 amide bonds. The number of aromatic nitrogens is 3. The van der Waals surface area contributed by atoms with E-state index in [0.29, 0.717) is 18.7 Å². The summed E-state index contributed by atoms with van der Waals surface area (Å²) in [5, 5.41) is 18.4. The second-order valence-corrected chi connectivity index (χ2v) is 3.37. The summed E-state index contributed by atoms with van der Waals surface area (Å²) in [7, 11) is 0. The third-order valence-electron chi connectivity index (χ3n) is 1.62. The lowest BCUT2D eigenvalue weighted by atomic mass is 10.3. The summed E-state index contributed by atoms with van der Waals surface area (Å²) in [4.78, 5) is 22.6. The van der Waals surface area contributed by atoms with Gasteiger partial charge in [0, 0.05) is 12.3 Å². The zero-order valence-corrected chi connectivity index (χ0v) is 9.15. The monoisotopic (exact) mass is 246 g/mol. The number of carbonyl (C=O) groups is 2. The zero-order chi connectivity index (χ0) is 12.0. The van der Waals surface area contributed by atoms with E-state index in [1.807, 2.05) is 0 Å². The first-order valence-corrected chi connectivity index (χ1v) is 5.13. The number of hydrogen-bond donors (Lipinski definition) is 2. The molecule has 0 atom stereocenters. The fourth-order valence-electron chi connectivity index (χ4n) is 0.984. The number of aliphatic carboxylic acids is 1. The van der Waals surface area contributed by atoms with Crippen LogP contribution in [-0.4, -0.2) is 37.9 Å². The van der Waals surface area contributed by atoms with Crippen LogP contribution in [0.5, 0.6) is 0 Å². The number of halogens is 1. The number of carbonyl (C=O) groups excluding carboxylic acids is 1. The summed E-state index contributed by atoms with van der Waals surface area (Å²) in [5.41, 5.74) is 0. The molecule has 1 heterocycles. The first-order valence-electron chi connectivity index (χ1n) is 4.59. The Morgan fingerprint density at radius 3 is 2.94 bits per heavy atom. The number of nitrogens with zero attached hydrogens (tertiary/aromatic N) is 3. The Balaban J connectivity index is 2.45. The molecule has 0 aliphatic carbocycles. The highest BCUT2D eigenvalue weighted by molar-refractivity contribution is 6.18. The van der Waals surface area contributed by atoms with Gasteiger partial charge < -0.3 is 10.4 Å². The summed E-state index contributed by atoms with van der Waals surface area (Å²) < 4.78 is 0. The molecule has 1 rings (SSSR count). The van der Waals surface area contributed by atoms with Crippen molar-refractivity contribution in [2.75, 3.05) is 11.2 Å². The average molecular weight is 247 g/mol. The Morgan fingerprint density at radius 1 is 1.56 bits per heavy atom. The predicted octanol–water partition coefficient (Wildman–Crippen LogP) is 0.320. The van der Waals surface area contributed by atoms with Crippen molar-refractivity contribution in [2.24, 2.45) is 0 Å². The Labute approximate surface area is 96.4 Å². The molecule has 0 saturated carbocycles.